The molecule has 24 heavy (non-hydrogen) atoms. The molecule has 2 amide bonds. The number of rotatable bonds is 5. The Bertz CT molecular complexity index is 453. The van der Waals surface area contributed by atoms with Crippen molar-refractivity contribution in [2.45, 2.75) is 19.3 Å². The van der Waals surface area contributed by atoms with E-state index in [1.165, 1.54) is 0 Å². The van der Waals surface area contributed by atoms with Crippen molar-refractivity contribution in [3.05, 3.63) is 0 Å². The van der Waals surface area contributed by atoms with Crippen molar-refractivity contribution in [1.82, 2.24) is 14.7 Å². The minimum absolute atomic E-state index is 0.0235. The molecule has 3 rings (SSSR count). The number of aliphatic hydroxyl groups is 1. The zero-order valence-electron chi connectivity index (χ0n) is 14.4. The third-order valence-corrected chi connectivity index (χ3v) is 5.35. The molecule has 3 aliphatic rings. The number of nitrogens with zero attached hydrogens (tertiary/aromatic N) is 3. The molecular weight excluding hydrogens is 310 g/mol. The third kappa shape index (κ3) is 4.46. The van der Waals surface area contributed by atoms with Crippen molar-refractivity contribution in [3.63, 3.8) is 0 Å². The Morgan fingerprint density at radius 2 is 1.92 bits per heavy atom. The Morgan fingerprint density at radius 3 is 2.58 bits per heavy atom. The molecule has 0 unspecified atom stereocenters. The molecule has 0 bridgehead atoms. The third-order valence-electron chi connectivity index (χ3n) is 5.35. The van der Waals surface area contributed by atoms with Gasteiger partial charge in [0.15, 0.2) is 0 Å². The molecule has 0 saturated carbocycles. The summed E-state index contributed by atoms with van der Waals surface area (Å²) in [6.45, 7) is 6.73. The first-order chi connectivity index (χ1) is 11.7. The zero-order valence-corrected chi connectivity index (χ0v) is 14.4. The van der Waals surface area contributed by atoms with Crippen LogP contribution in [0.4, 0.5) is 0 Å². The highest BCUT2D eigenvalue weighted by atomic mass is 16.5. The molecule has 7 heteroatoms. The van der Waals surface area contributed by atoms with E-state index in [0.29, 0.717) is 25.4 Å². The maximum Gasteiger partial charge on any atom is 0.242 e. The lowest BCUT2D eigenvalue weighted by atomic mass is 9.89. The standard InChI is InChI=1S/C17H29N3O4/c21-13-15-8-14(9-18-4-6-24-7-5-18)10-20(11-15)17(23)12-19-3-1-2-16(19)22/h14-15,21H,1-13H2/t14-,15+/m0/s1. The normalized spacial score (nSPS) is 29.3. The van der Waals surface area contributed by atoms with E-state index in [-0.39, 0.29) is 30.9 Å². The average molecular weight is 339 g/mol. The Labute approximate surface area is 143 Å². The van der Waals surface area contributed by atoms with Gasteiger partial charge in [-0.25, -0.2) is 0 Å². The predicted octanol–water partition coefficient (Wildman–Crippen LogP) is -0.602. The van der Waals surface area contributed by atoms with Crippen LogP contribution in [0.5, 0.6) is 0 Å². The Hall–Kier alpha value is -1.18. The van der Waals surface area contributed by atoms with E-state index < -0.39 is 0 Å². The second-order valence-electron chi connectivity index (χ2n) is 7.28. The van der Waals surface area contributed by atoms with Crippen molar-refractivity contribution in [1.29, 1.82) is 0 Å². The van der Waals surface area contributed by atoms with Crippen LogP contribution in [0.1, 0.15) is 19.3 Å². The Balaban J connectivity index is 1.55. The number of morpholine rings is 1. The van der Waals surface area contributed by atoms with E-state index in [1.807, 2.05) is 4.90 Å². The van der Waals surface area contributed by atoms with Gasteiger partial charge in [0.25, 0.3) is 0 Å². The number of likely N-dealkylation sites (tertiary alicyclic amines) is 2. The van der Waals surface area contributed by atoms with E-state index in [2.05, 4.69) is 4.90 Å². The number of hydrogen-bond acceptors (Lipinski definition) is 5. The highest BCUT2D eigenvalue weighted by Gasteiger charge is 2.32. The smallest absolute Gasteiger partial charge is 0.242 e. The van der Waals surface area contributed by atoms with Crippen LogP contribution < -0.4 is 0 Å². The molecule has 0 radical (unpaired) electrons. The number of amides is 2. The lowest BCUT2D eigenvalue weighted by molar-refractivity contribution is -0.140. The molecule has 3 heterocycles. The van der Waals surface area contributed by atoms with E-state index in [1.54, 1.807) is 4.90 Å². The van der Waals surface area contributed by atoms with Crippen molar-refractivity contribution in [2.75, 3.05) is 65.6 Å². The molecule has 3 fully saturated rings. The molecule has 1 N–H and O–H groups in total. The van der Waals surface area contributed by atoms with Gasteiger partial charge in [0.05, 0.1) is 19.8 Å². The summed E-state index contributed by atoms with van der Waals surface area (Å²) < 4.78 is 5.39. The number of hydrogen-bond donors (Lipinski definition) is 1. The van der Waals surface area contributed by atoms with Gasteiger partial charge in [0.2, 0.25) is 11.8 Å². The maximum atomic E-state index is 12.6. The second-order valence-corrected chi connectivity index (χ2v) is 7.28. The van der Waals surface area contributed by atoms with Crippen molar-refractivity contribution >= 4 is 11.8 Å². The molecule has 136 valence electrons. The van der Waals surface area contributed by atoms with Crippen LogP contribution >= 0.6 is 0 Å². The summed E-state index contributed by atoms with van der Waals surface area (Å²) in [6, 6.07) is 0. The number of carbonyl (C=O) groups excluding carboxylic acids is 2. The molecule has 3 aliphatic heterocycles. The van der Waals surface area contributed by atoms with Gasteiger partial charge in [0.1, 0.15) is 0 Å². The van der Waals surface area contributed by atoms with Crippen LogP contribution in [0.3, 0.4) is 0 Å². The lowest BCUT2D eigenvalue weighted by Gasteiger charge is -2.40. The van der Waals surface area contributed by atoms with Gasteiger partial charge < -0.3 is 19.6 Å². The quantitative estimate of drug-likeness (QED) is 0.724. The fourth-order valence-electron chi connectivity index (χ4n) is 4.07. The number of aliphatic hydroxyl groups excluding tert-OH is 1. The molecule has 0 spiro atoms. The highest BCUT2D eigenvalue weighted by Crippen LogP contribution is 2.23. The Kier molecular flexibility index (Phi) is 6.08. The average Bonchev–Trinajstić information content (AvgIpc) is 3.00. The van der Waals surface area contributed by atoms with Crippen molar-refractivity contribution in [3.8, 4) is 0 Å². The summed E-state index contributed by atoms with van der Waals surface area (Å²) >= 11 is 0. The van der Waals surface area contributed by atoms with Crippen LogP contribution in [0, 0.1) is 11.8 Å². The first-order valence-corrected chi connectivity index (χ1v) is 9.12. The van der Waals surface area contributed by atoms with Gasteiger partial charge in [-0.1, -0.05) is 0 Å². The minimum atomic E-state index is 0.0235. The molecule has 0 aromatic heterocycles. The van der Waals surface area contributed by atoms with Crippen molar-refractivity contribution in [2.24, 2.45) is 11.8 Å². The van der Waals surface area contributed by atoms with Gasteiger partial charge in [-0.15, -0.1) is 0 Å². The second kappa shape index (κ2) is 8.27. The van der Waals surface area contributed by atoms with Crippen LogP contribution in [-0.2, 0) is 14.3 Å². The number of ether oxygens (including phenoxy) is 1. The largest absolute Gasteiger partial charge is 0.396 e. The van der Waals surface area contributed by atoms with E-state index in [4.69, 9.17) is 4.74 Å². The molecule has 0 aromatic carbocycles. The monoisotopic (exact) mass is 339 g/mol. The van der Waals surface area contributed by atoms with Crippen LogP contribution in [0.25, 0.3) is 0 Å². The predicted molar refractivity (Wildman–Crippen MR) is 88.3 cm³/mol. The molecule has 3 saturated heterocycles. The number of piperidine rings is 1. The lowest BCUT2D eigenvalue weighted by Crippen LogP contribution is -2.51. The number of carbonyl (C=O) groups is 2. The maximum absolute atomic E-state index is 12.6. The van der Waals surface area contributed by atoms with Crippen molar-refractivity contribution < 1.29 is 19.4 Å². The molecule has 0 aromatic rings. The first kappa shape index (κ1) is 17.6. The fourth-order valence-corrected chi connectivity index (χ4v) is 4.07. The highest BCUT2D eigenvalue weighted by molar-refractivity contribution is 5.85. The van der Waals surface area contributed by atoms with Crippen LogP contribution in [0.2, 0.25) is 0 Å². The van der Waals surface area contributed by atoms with Gasteiger partial charge >= 0.3 is 0 Å². The molecule has 0 aliphatic carbocycles. The van der Waals surface area contributed by atoms with Crippen LogP contribution in [0.15, 0.2) is 0 Å². The van der Waals surface area contributed by atoms with Gasteiger partial charge in [0, 0.05) is 52.3 Å². The summed E-state index contributed by atoms with van der Waals surface area (Å²) in [7, 11) is 0. The van der Waals surface area contributed by atoms with Gasteiger partial charge in [-0.2, -0.15) is 0 Å². The summed E-state index contributed by atoms with van der Waals surface area (Å²) in [4.78, 5) is 30.3. The molecule has 2 atom stereocenters. The summed E-state index contributed by atoms with van der Waals surface area (Å²) in [6.07, 6.45) is 2.37. The molecular formula is C17H29N3O4. The summed E-state index contributed by atoms with van der Waals surface area (Å²) in [5.74, 6) is 0.634. The summed E-state index contributed by atoms with van der Waals surface area (Å²) in [5, 5.41) is 9.60. The fraction of sp³-hybridized carbons (Fsp3) is 0.882. The van der Waals surface area contributed by atoms with E-state index in [0.717, 1.165) is 52.2 Å². The van der Waals surface area contributed by atoms with E-state index in [9.17, 15) is 14.7 Å². The first-order valence-electron chi connectivity index (χ1n) is 9.12. The van der Waals surface area contributed by atoms with Gasteiger partial charge in [-0.05, 0) is 24.7 Å². The molecule has 7 nitrogen and oxygen atoms in total. The topological polar surface area (TPSA) is 73.3 Å². The SMILES string of the molecule is O=C1CCCN1CC(=O)N1C[C@H](CO)C[C@@H](CN2CCOCC2)C1. The van der Waals surface area contributed by atoms with E-state index >= 15 is 0 Å². The Morgan fingerprint density at radius 1 is 1.17 bits per heavy atom. The zero-order chi connectivity index (χ0) is 16.9. The van der Waals surface area contributed by atoms with Crippen LogP contribution in [-0.4, -0.2) is 97.3 Å². The summed E-state index contributed by atoms with van der Waals surface area (Å²) in [5.41, 5.74) is 0. The van der Waals surface area contributed by atoms with Gasteiger partial charge in [-0.3, -0.25) is 14.5 Å². The minimum Gasteiger partial charge on any atom is -0.396 e.